The molecule has 0 aromatic heterocycles. The van der Waals surface area contributed by atoms with Gasteiger partial charge in [-0.05, 0) is 12.0 Å². The van der Waals surface area contributed by atoms with E-state index in [4.69, 9.17) is 4.74 Å². The van der Waals surface area contributed by atoms with Gasteiger partial charge in [0.1, 0.15) is 0 Å². The molecule has 3 radical (unpaired) electrons. The van der Waals surface area contributed by atoms with Crippen LogP contribution in [-0.4, -0.2) is 65.2 Å². The van der Waals surface area contributed by atoms with Crippen LogP contribution in [-0.2, 0) is 11.2 Å². The molecular formula is C20H35N2OPb. The van der Waals surface area contributed by atoms with Crippen molar-refractivity contribution in [1.82, 2.24) is 10.6 Å². The van der Waals surface area contributed by atoms with E-state index >= 15 is 0 Å². The van der Waals surface area contributed by atoms with Gasteiger partial charge in [-0.25, -0.2) is 0 Å². The number of ether oxygens (including phenoxy) is 1. The van der Waals surface area contributed by atoms with E-state index in [2.05, 4.69) is 68.7 Å². The summed E-state index contributed by atoms with van der Waals surface area (Å²) in [5, 5.41) is 7.10. The third kappa shape index (κ3) is 10.8. The van der Waals surface area contributed by atoms with Crippen LogP contribution < -0.4 is 10.6 Å². The van der Waals surface area contributed by atoms with Gasteiger partial charge in [0.05, 0.1) is 0 Å². The van der Waals surface area contributed by atoms with E-state index in [1.807, 2.05) is 0 Å². The summed E-state index contributed by atoms with van der Waals surface area (Å²) in [4.78, 5) is 0. The first-order valence-corrected chi connectivity index (χ1v) is 11.8. The Hall–Kier alpha value is 0.0221. The molecule has 0 unspecified atom stereocenters. The molecule has 0 amide bonds. The SMILES string of the molecule is CC(C)(CNC[CH2][Pb])COCC(C)(C)CNCCc1ccccc1. The fourth-order valence-electron chi connectivity index (χ4n) is 2.53. The van der Waals surface area contributed by atoms with Gasteiger partial charge >= 0.3 is 123 Å². The summed E-state index contributed by atoms with van der Waals surface area (Å²) in [7, 11) is 0. The maximum absolute atomic E-state index is 6.04. The van der Waals surface area contributed by atoms with Crippen LogP contribution in [0.15, 0.2) is 30.3 Å². The monoisotopic (exact) mass is 527 g/mol. The van der Waals surface area contributed by atoms with Gasteiger partial charge in [0.25, 0.3) is 0 Å². The van der Waals surface area contributed by atoms with Crippen molar-refractivity contribution in [2.45, 2.75) is 38.1 Å². The van der Waals surface area contributed by atoms with Crippen LogP contribution >= 0.6 is 0 Å². The minimum Gasteiger partial charge on any atom is -0.0622 e. The van der Waals surface area contributed by atoms with Crippen LogP contribution in [0.25, 0.3) is 0 Å². The van der Waals surface area contributed by atoms with E-state index < -0.39 is 0 Å². The Labute approximate surface area is 165 Å². The Kier molecular flexibility index (Phi) is 10.7. The van der Waals surface area contributed by atoms with Crippen molar-refractivity contribution in [3.63, 3.8) is 0 Å². The van der Waals surface area contributed by atoms with Gasteiger partial charge in [-0.1, -0.05) is 30.3 Å². The topological polar surface area (TPSA) is 33.3 Å². The average Bonchev–Trinajstić information content (AvgIpc) is 2.52. The summed E-state index contributed by atoms with van der Waals surface area (Å²) < 4.78 is 7.36. The Morgan fingerprint density at radius 2 is 1.42 bits per heavy atom. The van der Waals surface area contributed by atoms with Crippen LogP contribution in [0, 0.1) is 10.8 Å². The zero-order valence-electron chi connectivity index (χ0n) is 16.0. The van der Waals surface area contributed by atoms with Gasteiger partial charge in [0.2, 0.25) is 0 Å². The summed E-state index contributed by atoms with van der Waals surface area (Å²) in [6.07, 6.45) is 1.08. The second-order valence-electron chi connectivity index (χ2n) is 8.16. The molecule has 1 aromatic carbocycles. The molecule has 4 heteroatoms. The molecule has 3 nitrogen and oxygen atoms in total. The molecule has 0 aliphatic rings. The van der Waals surface area contributed by atoms with E-state index in [9.17, 15) is 0 Å². The normalized spacial score (nSPS) is 12.5. The van der Waals surface area contributed by atoms with Crippen LogP contribution in [0.5, 0.6) is 0 Å². The van der Waals surface area contributed by atoms with Crippen LogP contribution in [0.3, 0.4) is 0 Å². The Bertz CT molecular complexity index is 435. The van der Waals surface area contributed by atoms with Crippen molar-refractivity contribution >= 4 is 25.8 Å². The fraction of sp³-hybridized carbons (Fsp3) is 0.700. The smallest absolute Gasteiger partial charge is 0.0622 e. The van der Waals surface area contributed by atoms with E-state index in [1.54, 1.807) is 0 Å². The Balaban J connectivity index is 2.16. The van der Waals surface area contributed by atoms with Gasteiger partial charge in [0, 0.05) is 0 Å². The predicted molar refractivity (Wildman–Crippen MR) is 105 cm³/mol. The zero-order valence-corrected chi connectivity index (χ0v) is 19.8. The molecule has 0 spiro atoms. The number of nitrogens with one attached hydrogen (secondary N) is 2. The first kappa shape index (κ1) is 22.1. The van der Waals surface area contributed by atoms with Crippen molar-refractivity contribution < 1.29 is 4.74 Å². The van der Waals surface area contributed by atoms with Gasteiger partial charge in [-0.15, -0.1) is 0 Å². The van der Waals surface area contributed by atoms with E-state index in [-0.39, 0.29) is 10.8 Å². The second-order valence-corrected chi connectivity index (χ2v) is 10.1. The quantitative estimate of drug-likeness (QED) is 0.306. The Morgan fingerprint density at radius 3 is 1.96 bits per heavy atom. The summed E-state index contributed by atoms with van der Waals surface area (Å²) in [5.41, 5.74) is 1.76. The van der Waals surface area contributed by atoms with E-state index in [0.29, 0.717) is 0 Å². The van der Waals surface area contributed by atoms with Crippen molar-refractivity contribution in [3.05, 3.63) is 35.9 Å². The standard InChI is InChI=1S/C20H35N2O.Pb/c1-6-21-14-19(2,3)16-23-17-20(4,5)15-22-13-12-18-10-8-7-9-11-18;/h7-11,21-22H,1,6,12-17H2,2-5H3;. The molecule has 0 atom stereocenters. The van der Waals surface area contributed by atoms with Crippen LogP contribution in [0.1, 0.15) is 33.3 Å². The third-order valence-corrected chi connectivity index (χ3v) is 4.90. The van der Waals surface area contributed by atoms with Gasteiger partial charge in [-0.3, -0.25) is 0 Å². The molecule has 0 aliphatic carbocycles. The number of benzene rings is 1. The van der Waals surface area contributed by atoms with E-state index in [1.165, 1.54) is 35.3 Å². The molecule has 0 saturated heterocycles. The van der Waals surface area contributed by atoms with Gasteiger partial charge < -0.3 is 0 Å². The first-order chi connectivity index (χ1) is 11.3. The molecule has 0 heterocycles. The Morgan fingerprint density at radius 1 is 0.875 bits per heavy atom. The number of hydrogen-bond acceptors (Lipinski definition) is 3. The van der Waals surface area contributed by atoms with E-state index in [0.717, 1.165) is 45.8 Å². The molecule has 1 aromatic rings. The second kappa shape index (κ2) is 11.6. The molecule has 1 rings (SSSR count). The van der Waals surface area contributed by atoms with Crippen molar-refractivity contribution in [2.75, 3.05) is 39.4 Å². The average molecular weight is 527 g/mol. The van der Waals surface area contributed by atoms with Crippen LogP contribution in [0.4, 0.5) is 0 Å². The number of hydrogen-bond donors (Lipinski definition) is 2. The molecule has 0 bridgehead atoms. The molecule has 135 valence electrons. The zero-order chi connectivity index (χ0) is 17.9. The molecule has 0 fully saturated rings. The van der Waals surface area contributed by atoms with Crippen LogP contribution in [0.2, 0.25) is 3.98 Å². The molecular weight excluding hydrogens is 491 g/mol. The number of rotatable bonds is 13. The summed E-state index contributed by atoms with van der Waals surface area (Å²) >= 11 is 1.28. The molecule has 24 heavy (non-hydrogen) atoms. The van der Waals surface area contributed by atoms with Crippen molar-refractivity contribution in [3.8, 4) is 0 Å². The van der Waals surface area contributed by atoms with Gasteiger partial charge in [-0.2, -0.15) is 0 Å². The summed E-state index contributed by atoms with van der Waals surface area (Å²) in [6, 6.07) is 10.6. The summed E-state index contributed by atoms with van der Waals surface area (Å²) in [6.45, 7) is 14.9. The van der Waals surface area contributed by atoms with Gasteiger partial charge in [0.15, 0.2) is 0 Å². The minimum absolute atomic E-state index is 0.162. The molecule has 0 saturated carbocycles. The predicted octanol–water partition coefficient (Wildman–Crippen LogP) is 3.06. The maximum atomic E-state index is 6.04. The van der Waals surface area contributed by atoms with Crippen molar-refractivity contribution in [2.24, 2.45) is 10.8 Å². The molecule has 0 aliphatic heterocycles. The molecule has 2 N–H and O–H groups in total. The third-order valence-electron chi connectivity index (χ3n) is 3.93. The van der Waals surface area contributed by atoms with Crippen molar-refractivity contribution in [1.29, 1.82) is 0 Å². The summed E-state index contributed by atoms with van der Waals surface area (Å²) in [5.74, 6) is 0. The first-order valence-electron chi connectivity index (χ1n) is 9.02. The minimum atomic E-state index is 0.162. The fourth-order valence-corrected chi connectivity index (χ4v) is 3.21.